The molecule has 0 atom stereocenters. The fourth-order valence-corrected chi connectivity index (χ4v) is 2.55. The monoisotopic (exact) mass is 300 g/mol. The molecule has 1 aromatic carbocycles. The molecule has 4 nitrogen and oxygen atoms in total. The molecule has 0 spiro atoms. The Morgan fingerprint density at radius 1 is 1.58 bits per heavy atom. The van der Waals surface area contributed by atoms with Gasteiger partial charge in [-0.15, -0.1) is 0 Å². The van der Waals surface area contributed by atoms with Crippen molar-refractivity contribution in [1.29, 1.82) is 0 Å². The summed E-state index contributed by atoms with van der Waals surface area (Å²) in [5.74, 6) is -1.48. The molecule has 0 saturated heterocycles. The lowest BCUT2D eigenvalue weighted by Crippen LogP contribution is -2.03. The number of aliphatic carboxylic acids is 1. The summed E-state index contributed by atoms with van der Waals surface area (Å²) in [5, 5.41) is 9.54. The Labute approximate surface area is 118 Å². The van der Waals surface area contributed by atoms with Crippen LogP contribution in [0.15, 0.2) is 29.6 Å². The molecular formula is C12H10ClFN2O2S. The van der Waals surface area contributed by atoms with E-state index >= 15 is 0 Å². The van der Waals surface area contributed by atoms with E-state index in [1.807, 2.05) is 0 Å². The third-order valence-corrected chi connectivity index (χ3v) is 3.64. The maximum Gasteiger partial charge on any atom is 0.313 e. The van der Waals surface area contributed by atoms with Gasteiger partial charge in [0.1, 0.15) is 5.82 Å². The highest BCUT2D eigenvalue weighted by atomic mass is 35.5. The van der Waals surface area contributed by atoms with Gasteiger partial charge >= 0.3 is 5.97 Å². The molecule has 1 heterocycles. The molecule has 0 fully saturated rings. The molecule has 100 valence electrons. The molecule has 0 radical (unpaired) electrons. The van der Waals surface area contributed by atoms with Crippen LogP contribution in [0.5, 0.6) is 0 Å². The van der Waals surface area contributed by atoms with Crippen molar-refractivity contribution in [2.45, 2.75) is 12.1 Å². The molecule has 1 N–H and O–H groups in total. The number of imidazole rings is 1. The van der Waals surface area contributed by atoms with Crippen LogP contribution in [0.2, 0.25) is 5.02 Å². The van der Waals surface area contributed by atoms with E-state index in [1.165, 1.54) is 18.2 Å². The van der Waals surface area contributed by atoms with E-state index in [-0.39, 0.29) is 5.75 Å². The summed E-state index contributed by atoms with van der Waals surface area (Å²) < 4.78 is 15.0. The van der Waals surface area contributed by atoms with Gasteiger partial charge in [0.25, 0.3) is 0 Å². The minimum Gasteiger partial charge on any atom is -0.481 e. The second kappa shape index (κ2) is 5.63. The standard InChI is InChI=1S/C12H10ClFN2O2S/c1-7-5-15-12(19-6-11(17)18)16(7)10-4-8(14)2-3-9(10)13/h2-5H,6H2,1H3,(H,17,18). The lowest BCUT2D eigenvalue weighted by Gasteiger charge is -2.11. The first-order chi connectivity index (χ1) is 8.99. The number of thioether (sulfide) groups is 1. The number of carbonyl (C=O) groups is 1. The fourth-order valence-electron chi connectivity index (χ4n) is 1.59. The highest BCUT2D eigenvalue weighted by molar-refractivity contribution is 7.99. The Morgan fingerprint density at radius 3 is 3.00 bits per heavy atom. The van der Waals surface area contributed by atoms with Crippen molar-refractivity contribution in [3.63, 3.8) is 0 Å². The molecule has 2 aromatic rings. The van der Waals surface area contributed by atoms with Crippen molar-refractivity contribution in [2.75, 3.05) is 5.75 Å². The van der Waals surface area contributed by atoms with Gasteiger partial charge in [0.2, 0.25) is 0 Å². The van der Waals surface area contributed by atoms with Crippen LogP contribution in [0.3, 0.4) is 0 Å². The summed E-state index contributed by atoms with van der Waals surface area (Å²) in [6, 6.07) is 4.02. The molecule has 0 unspecified atom stereocenters. The highest BCUT2D eigenvalue weighted by Gasteiger charge is 2.14. The second-order valence-corrected chi connectivity index (χ2v) is 5.15. The van der Waals surface area contributed by atoms with Crippen molar-refractivity contribution >= 4 is 29.3 Å². The highest BCUT2D eigenvalue weighted by Crippen LogP contribution is 2.28. The Kier molecular flexibility index (Phi) is 4.11. The van der Waals surface area contributed by atoms with Crippen LogP contribution in [0.4, 0.5) is 4.39 Å². The third-order valence-electron chi connectivity index (χ3n) is 2.38. The van der Waals surface area contributed by atoms with Crippen LogP contribution in [-0.4, -0.2) is 26.4 Å². The smallest absolute Gasteiger partial charge is 0.313 e. The zero-order valence-corrected chi connectivity index (χ0v) is 11.5. The van der Waals surface area contributed by atoms with E-state index in [2.05, 4.69) is 4.98 Å². The zero-order valence-electron chi connectivity index (χ0n) is 9.93. The summed E-state index contributed by atoms with van der Waals surface area (Å²) in [6.07, 6.45) is 1.59. The molecule has 0 aliphatic heterocycles. The van der Waals surface area contributed by atoms with Gasteiger partial charge in [-0.3, -0.25) is 9.36 Å². The van der Waals surface area contributed by atoms with Crippen LogP contribution < -0.4 is 0 Å². The molecule has 0 saturated carbocycles. The van der Waals surface area contributed by atoms with Crippen LogP contribution >= 0.6 is 23.4 Å². The predicted molar refractivity (Wildman–Crippen MR) is 71.6 cm³/mol. The number of halogens is 2. The predicted octanol–water partition coefficient (Wildman–Crippen LogP) is 3.15. The largest absolute Gasteiger partial charge is 0.481 e. The van der Waals surface area contributed by atoms with E-state index in [9.17, 15) is 9.18 Å². The number of carboxylic acids is 1. The lowest BCUT2D eigenvalue weighted by atomic mass is 10.3. The SMILES string of the molecule is Cc1cnc(SCC(=O)O)n1-c1cc(F)ccc1Cl. The number of hydrogen-bond donors (Lipinski definition) is 1. The Balaban J connectivity index is 2.46. The minimum atomic E-state index is -0.942. The minimum absolute atomic E-state index is 0.122. The van der Waals surface area contributed by atoms with Gasteiger partial charge in [0, 0.05) is 11.9 Å². The maximum atomic E-state index is 13.3. The number of hydrogen-bond acceptors (Lipinski definition) is 3. The molecule has 0 amide bonds. The van der Waals surface area contributed by atoms with E-state index in [4.69, 9.17) is 16.7 Å². The van der Waals surface area contributed by atoms with Gasteiger partial charge in [-0.1, -0.05) is 23.4 Å². The lowest BCUT2D eigenvalue weighted by molar-refractivity contribution is -0.133. The average Bonchev–Trinajstić information content (AvgIpc) is 2.71. The van der Waals surface area contributed by atoms with Crippen LogP contribution in [0.25, 0.3) is 5.69 Å². The van der Waals surface area contributed by atoms with Crippen molar-refractivity contribution in [3.05, 3.63) is 40.9 Å². The van der Waals surface area contributed by atoms with Gasteiger partial charge in [0.15, 0.2) is 5.16 Å². The van der Waals surface area contributed by atoms with E-state index in [1.54, 1.807) is 17.7 Å². The molecule has 1 aromatic heterocycles. The molecular weight excluding hydrogens is 291 g/mol. The van der Waals surface area contributed by atoms with Crippen LogP contribution in [0, 0.1) is 12.7 Å². The van der Waals surface area contributed by atoms with Crippen molar-refractivity contribution in [1.82, 2.24) is 9.55 Å². The molecule has 2 rings (SSSR count). The molecule has 7 heteroatoms. The van der Waals surface area contributed by atoms with E-state index in [0.717, 1.165) is 17.5 Å². The van der Waals surface area contributed by atoms with Crippen LogP contribution in [0.1, 0.15) is 5.69 Å². The van der Waals surface area contributed by atoms with Gasteiger partial charge < -0.3 is 5.11 Å². The summed E-state index contributed by atoms with van der Waals surface area (Å²) in [7, 11) is 0. The van der Waals surface area contributed by atoms with Crippen molar-refractivity contribution < 1.29 is 14.3 Å². The number of carboxylic acid groups (broad SMARTS) is 1. The zero-order chi connectivity index (χ0) is 14.0. The molecule has 19 heavy (non-hydrogen) atoms. The van der Waals surface area contributed by atoms with Crippen molar-refractivity contribution in [3.8, 4) is 5.69 Å². The van der Waals surface area contributed by atoms with Gasteiger partial charge in [-0.2, -0.15) is 0 Å². The number of aromatic nitrogens is 2. The summed E-state index contributed by atoms with van der Waals surface area (Å²) in [5.41, 5.74) is 1.20. The van der Waals surface area contributed by atoms with Crippen LogP contribution in [-0.2, 0) is 4.79 Å². The normalized spacial score (nSPS) is 10.7. The van der Waals surface area contributed by atoms with Gasteiger partial charge in [-0.05, 0) is 25.1 Å². The Morgan fingerprint density at radius 2 is 2.32 bits per heavy atom. The Bertz CT molecular complexity index is 630. The van der Waals surface area contributed by atoms with E-state index in [0.29, 0.717) is 15.9 Å². The quantitative estimate of drug-likeness (QED) is 0.881. The maximum absolute atomic E-state index is 13.3. The number of benzene rings is 1. The van der Waals surface area contributed by atoms with Gasteiger partial charge in [-0.25, -0.2) is 9.37 Å². The Hall–Kier alpha value is -1.53. The number of nitrogens with zero attached hydrogens (tertiary/aromatic N) is 2. The number of aryl methyl sites for hydroxylation is 1. The van der Waals surface area contributed by atoms with Crippen molar-refractivity contribution in [2.24, 2.45) is 0 Å². The van der Waals surface area contributed by atoms with E-state index < -0.39 is 11.8 Å². The number of rotatable bonds is 4. The summed E-state index contributed by atoms with van der Waals surface area (Å²) >= 11 is 7.11. The molecule has 0 aliphatic carbocycles. The summed E-state index contributed by atoms with van der Waals surface area (Å²) in [6.45, 7) is 1.79. The molecule has 0 bridgehead atoms. The first-order valence-electron chi connectivity index (χ1n) is 5.33. The molecule has 0 aliphatic rings. The average molecular weight is 301 g/mol. The second-order valence-electron chi connectivity index (χ2n) is 3.80. The summed E-state index contributed by atoms with van der Waals surface area (Å²) in [4.78, 5) is 14.7. The first kappa shape index (κ1) is 13.9. The third kappa shape index (κ3) is 3.08. The van der Waals surface area contributed by atoms with Gasteiger partial charge in [0.05, 0.1) is 16.5 Å². The first-order valence-corrected chi connectivity index (χ1v) is 6.69. The topological polar surface area (TPSA) is 55.1 Å². The fraction of sp³-hybridized carbons (Fsp3) is 0.167.